The molecule has 0 aromatic heterocycles. The Morgan fingerprint density at radius 3 is 1.58 bits per heavy atom. The average molecular weight is 377 g/mol. The van der Waals surface area contributed by atoms with E-state index in [0.717, 1.165) is 39.0 Å². The molecule has 0 atom stereocenters. The third-order valence-corrected chi connectivity index (χ3v) is 18.0. The Balaban J connectivity index is 4.37. The summed E-state index contributed by atoms with van der Waals surface area (Å²) >= 11 is -2.89. The summed E-state index contributed by atoms with van der Waals surface area (Å²) in [5.41, 5.74) is 0. The molecule has 0 bridgehead atoms. The molecule has 19 heavy (non-hydrogen) atoms. The summed E-state index contributed by atoms with van der Waals surface area (Å²) in [6.45, 7) is 6.59. The van der Waals surface area contributed by atoms with Gasteiger partial charge in [0.05, 0.1) is 0 Å². The minimum atomic E-state index is -2.89. The third kappa shape index (κ3) is 8.21. The van der Waals surface area contributed by atoms with Crippen LogP contribution in [0.3, 0.4) is 0 Å². The van der Waals surface area contributed by atoms with Crippen molar-refractivity contribution in [3.05, 3.63) is 0 Å². The Bertz CT molecular complexity index is 221. The van der Waals surface area contributed by atoms with Crippen LogP contribution in [0.25, 0.3) is 0 Å². The monoisotopic (exact) mass is 378 g/mol. The van der Waals surface area contributed by atoms with Crippen LogP contribution in [0.2, 0.25) is 13.3 Å². The van der Waals surface area contributed by atoms with Gasteiger partial charge in [-0.1, -0.05) is 0 Å². The molecule has 1 N–H and O–H groups in total. The van der Waals surface area contributed by atoms with E-state index in [0.29, 0.717) is 0 Å². The maximum atomic E-state index is 11.8. The Morgan fingerprint density at radius 2 is 1.16 bits per heavy atom. The van der Waals surface area contributed by atoms with E-state index in [1.165, 1.54) is 32.1 Å². The van der Waals surface area contributed by atoms with E-state index in [4.69, 9.17) is 0 Å². The number of hydrogen-bond acceptors (Lipinski definition) is 1. The number of rotatable bonds is 13. The molecular weight excluding hydrogens is 343 g/mol. The molecule has 0 spiro atoms. The van der Waals surface area contributed by atoms with E-state index in [1.807, 2.05) is 0 Å². The molecule has 0 unspecified atom stereocenters. The molecule has 0 fully saturated rings. The molecule has 0 aromatic carbocycles. The van der Waals surface area contributed by atoms with Crippen LogP contribution in [0.15, 0.2) is 0 Å². The Hall–Kier alpha value is 0.269. The molecule has 0 saturated carbocycles. The molecule has 0 heterocycles. The van der Waals surface area contributed by atoms with Gasteiger partial charge in [0.1, 0.15) is 0 Å². The van der Waals surface area contributed by atoms with E-state index in [2.05, 4.69) is 20.8 Å². The van der Waals surface area contributed by atoms with E-state index in [-0.39, 0.29) is 3.99 Å². The molecule has 0 saturated heterocycles. The van der Waals surface area contributed by atoms with Gasteiger partial charge in [0.15, 0.2) is 0 Å². The second kappa shape index (κ2) is 12.0. The molecule has 0 aliphatic carbocycles. The predicted octanol–water partition coefficient (Wildman–Crippen LogP) is 6.27. The first-order valence-electron chi connectivity index (χ1n) is 8.36. The second-order valence-corrected chi connectivity index (χ2v) is 18.8. The number of hydrogen-bond donors (Lipinski definition) is 1. The van der Waals surface area contributed by atoms with Gasteiger partial charge in [0, 0.05) is 0 Å². The average Bonchev–Trinajstić information content (AvgIpc) is 2.40. The molecule has 0 aliphatic rings. The fourth-order valence-corrected chi connectivity index (χ4v) is 15.3. The van der Waals surface area contributed by atoms with E-state index in [9.17, 15) is 9.90 Å². The van der Waals surface area contributed by atoms with Gasteiger partial charge in [-0.2, -0.15) is 0 Å². The van der Waals surface area contributed by atoms with Crippen LogP contribution in [0.4, 0.5) is 4.79 Å². The number of unbranched alkanes of at least 4 members (excludes halogenated alkanes) is 6. The summed E-state index contributed by atoms with van der Waals surface area (Å²) in [6, 6.07) is 0. The normalized spacial score (nSPS) is 11.7. The van der Waals surface area contributed by atoms with Gasteiger partial charge < -0.3 is 0 Å². The van der Waals surface area contributed by atoms with Crippen molar-refractivity contribution in [1.29, 1.82) is 0 Å². The van der Waals surface area contributed by atoms with E-state index in [1.54, 1.807) is 0 Å². The van der Waals surface area contributed by atoms with Crippen LogP contribution in [0, 0.1) is 0 Å². The zero-order valence-electron chi connectivity index (χ0n) is 13.3. The first-order valence-corrected chi connectivity index (χ1v) is 15.8. The van der Waals surface area contributed by atoms with Crippen molar-refractivity contribution in [1.82, 2.24) is 0 Å². The SMILES string of the molecule is CCCCCC[CH2][Sn]([CH2]CCC)([CH2]CCC)[C](=O)O. The minimum absolute atomic E-state index is 0.341. The van der Waals surface area contributed by atoms with Crippen molar-refractivity contribution in [2.75, 3.05) is 0 Å². The fourth-order valence-electron chi connectivity index (χ4n) is 2.79. The van der Waals surface area contributed by atoms with Crippen molar-refractivity contribution >= 4 is 22.4 Å². The molecule has 0 radical (unpaired) electrons. The molecule has 0 aliphatic heterocycles. The summed E-state index contributed by atoms with van der Waals surface area (Å²) in [4.78, 5) is 11.8. The van der Waals surface area contributed by atoms with E-state index < -0.39 is 18.4 Å². The van der Waals surface area contributed by atoms with Crippen molar-refractivity contribution in [3.8, 4) is 0 Å². The van der Waals surface area contributed by atoms with Crippen LogP contribution in [0.1, 0.15) is 78.6 Å². The van der Waals surface area contributed by atoms with Crippen LogP contribution >= 0.6 is 0 Å². The van der Waals surface area contributed by atoms with Crippen molar-refractivity contribution in [3.63, 3.8) is 0 Å². The quantitative estimate of drug-likeness (QED) is 0.304. The van der Waals surface area contributed by atoms with Crippen LogP contribution in [-0.4, -0.2) is 27.5 Å². The molecule has 0 amide bonds. The molecule has 0 rings (SSSR count). The van der Waals surface area contributed by atoms with Gasteiger partial charge in [-0.25, -0.2) is 0 Å². The Labute approximate surface area is 124 Å². The molecule has 0 aromatic rings. The zero-order valence-corrected chi connectivity index (χ0v) is 16.2. The topological polar surface area (TPSA) is 37.3 Å². The molecule has 2 nitrogen and oxygen atoms in total. The summed E-state index contributed by atoms with van der Waals surface area (Å²) in [5, 5.41) is 9.77. The number of carboxylic acid groups (broad SMARTS) is 1. The zero-order chi connectivity index (χ0) is 14.6. The predicted molar refractivity (Wildman–Crippen MR) is 86.8 cm³/mol. The van der Waals surface area contributed by atoms with E-state index >= 15 is 0 Å². The van der Waals surface area contributed by atoms with Crippen LogP contribution in [-0.2, 0) is 0 Å². The third-order valence-electron chi connectivity index (χ3n) is 4.23. The van der Waals surface area contributed by atoms with Gasteiger partial charge in [-0.05, 0) is 0 Å². The van der Waals surface area contributed by atoms with Crippen LogP contribution < -0.4 is 0 Å². The molecule has 3 heteroatoms. The standard InChI is InChI=1S/C7H15.2C4H9.CHO2.Sn/c1-3-5-7-6-4-2;2*1-3-4-2;2-1-3;/h1,3-7H2,2H3;2*1,3-4H2,2H3;(H,2,3);. The summed E-state index contributed by atoms with van der Waals surface area (Å²) in [6.07, 6.45) is 10.9. The number of carbonyl (C=O) groups is 1. The van der Waals surface area contributed by atoms with Gasteiger partial charge in [-0.3, -0.25) is 0 Å². The molecular formula is C16H34O2Sn. The summed E-state index contributed by atoms with van der Waals surface area (Å²) < 4.78 is 2.91. The van der Waals surface area contributed by atoms with Crippen molar-refractivity contribution in [2.45, 2.75) is 91.9 Å². The van der Waals surface area contributed by atoms with Gasteiger partial charge in [0.25, 0.3) is 0 Å². The summed E-state index contributed by atoms with van der Waals surface area (Å²) in [7, 11) is 0. The van der Waals surface area contributed by atoms with Crippen molar-refractivity contribution < 1.29 is 9.90 Å². The van der Waals surface area contributed by atoms with Crippen molar-refractivity contribution in [2.24, 2.45) is 0 Å². The van der Waals surface area contributed by atoms with Crippen LogP contribution in [0.5, 0.6) is 0 Å². The van der Waals surface area contributed by atoms with Gasteiger partial charge in [-0.15, -0.1) is 0 Å². The van der Waals surface area contributed by atoms with Gasteiger partial charge in [0.2, 0.25) is 0 Å². The maximum absolute atomic E-state index is 11.8. The second-order valence-electron chi connectivity index (χ2n) is 5.96. The van der Waals surface area contributed by atoms with Gasteiger partial charge >= 0.3 is 124 Å². The molecule has 114 valence electrons. The summed E-state index contributed by atoms with van der Waals surface area (Å²) in [5.74, 6) is 0. The first kappa shape index (κ1) is 19.3. The first-order chi connectivity index (χ1) is 9.13. The Morgan fingerprint density at radius 1 is 0.737 bits per heavy atom. The Kier molecular flexibility index (Phi) is 12.2. The fraction of sp³-hybridized carbons (Fsp3) is 0.938.